The van der Waals surface area contributed by atoms with Crippen molar-refractivity contribution in [2.45, 2.75) is 26.3 Å². The zero-order chi connectivity index (χ0) is 23.3. The average Bonchev–Trinajstić information content (AvgIpc) is 2.78. The van der Waals surface area contributed by atoms with Crippen LogP contribution in [0.2, 0.25) is 0 Å². The van der Waals surface area contributed by atoms with Gasteiger partial charge in [-0.3, -0.25) is 0 Å². The first-order valence-corrected chi connectivity index (χ1v) is 10.4. The molecule has 1 unspecified atom stereocenters. The zero-order valence-electron chi connectivity index (χ0n) is 19.0. The molecule has 3 aromatic rings. The number of nitrogens with zero attached hydrogens (tertiary/aromatic N) is 2. The first-order chi connectivity index (χ1) is 15.3. The van der Waals surface area contributed by atoms with Crippen molar-refractivity contribution >= 4 is 11.7 Å². The standard InChI is InChI=1S/C25H29N3O4/c1-17-21(28(5)25(3,16-26-4)24(29)30)18(2)23(32-20-14-10-7-11-15-20)27-22(17)31-19-12-8-6-9-13-19/h6-15,26H,16H2,1-5H3,(H,29,30). The maximum Gasteiger partial charge on any atom is 0.330 e. The molecule has 0 saturated carbocycles. The fourth-order valence-corrected chi connectivity index (χ4v) is 3.57. The van der Waals surface area contributed by atoms with Crippen molar-refractivity contribution < 1.29 is 19.4 Å². The minimum Gasteiger partial charge on any atom is -0.479 e. The molecular weight excluding hydrogens is 406 g/mol. The van der Waals surface area contributed by atoms with Gasteiger partial charge in [0.15, 0.2) is 0 Å². The van der Waals surface area contributed by atoms with Gasteiger partial charge in [-0.1, -0.05) is 36.4 Å². The number of carboxylic acid groups (broad SMARTS) is 1. The van der Waals surface area contributed by atoms with Gasteiger partial charge in [-0.05, 0) is 52.1 Å². The summed E-state index contributed by atoms with van der Waals surface area (Å²) in [7, 11) is 3.49. The fourth-order valence-electron chi connectivity index (χ4n) is 3.57. The smallest absolute Gasteiger partial charge is 0.330 e. The van der Waals surface area contributed by atoms with E-state index in [1.54, 1.807) is 25.9 Å². The number of benzene rings is 2. The molecule has 2 aromatic carbocycles. The summed E-state index contributed by atoms with van der Waals surface area (Å²) in [5, 5.41) is 13.0. The summed E-state index contributed by atoms with van der Waals surface area (Å²) in [4.78, 5) is 18.6. The minimum absolute atomic E-state index is 0.240. The molecule has 0 aliphatic rings. The van der Waals surface area contributed by atoms with Gasteiger partial charge in [-0.25, -0.2) is 4.79 Å². The molecule has 0 fully saturated rings. The number of nitrogens with one attached hydrogen (secondary N) is 1. The van der Waals surface area contributed by atoms with Gasteiger partial charge in [-0.2, -0.15) is 4.98 Å². The van der Waals surface area contributed by atoms with E-state index in [-0.39, 0.29) is 6.54 Å². The van der Waals surface area contributed by atoms with Gasteiger partial charge >= 0.3 is 5.97 Å². The Morgan fingerprint density at radius 1 is 0.969 bits per heavy atom. The lowest BCUT2D eigenvalue weighted by atomic mass is 9.97. The predicted octanol–water partition coefficient (Wildman–Crippen LogP) is 4.78. The van der Waals surface area contributed by atoms with E-state index >= 15 is 0 Å². The first-order valence-electron chi connectivity index (χ1n) is 10.4. The van der Waals surface area contributed by atoms with E-state index in [9.17, 15) is 9.90 Å². The highest BCUT2D eigenvalue weighted by molar-refractivity contribution is 5.85. The largest absolute Gasteiger partial charge is 0.479 e. The number of hydrogen-bond acceptors (Lipinski definition) is 6. The molecule has 2 N–H and O–H groups in total. The molecule has 0 spiro atoms. The molecule has 1 aromatic heterocycles. The van der Waals surface area contributed by atoms with Crippen molar-refractivity contribution in [3.63, 3.8) is 0 Å². The van der Waals surface area contributed by atoms with E-state index in [4.69, 9.17) is 9.47 Å². The topological polar surface area (TPSA) is 83.9 Å². The molecule has 7 nitrogen and oxygen atoms in total. The molecular formula is C25H29N3O4. The number of ether oxygens (including phenoxy) is 2. The summed E-state index contributed by atoms with van der Waals surface area (Å²) in [6.07, 6.45) is 0. The van der Waals surface area contributed by atoms with Gasteiger partial charge in [0.1, 0.15) is 17.0 Å². The molecule has 1 heterocycles. The van der Waals surface area contributed by atoms with Crippen LogP contribution in [0.25, 0.3) is 0 Å². The Hall–Kier alpha value is -3.58. The van der Waals surface area contributed by atoms with Crippen LogP contribution in [0.4, 0.5) is 5.69 Å². The quantitative estimate of drug-likeness (QED) is 0.500. The minimum atomic E-state index is -1.21. The van der Waals surface area contributed by atoms with E-state index in [1.165, 1.54) is 0 Å². The van der Waals surface area contributed by atoms with Crippen molar-refractivity contribution in [2.24, 2.45) is 0 Å². The van der Waals surface area contributed by atoms with E-state index in [0.29, 0.717) is 28.9 Å². The Labute approximate surface area is 188 Å². The number of anilines is 1. The van der Waals surface area contributed by atoms with Crippen LogP contribution in [0.5, 0.6) is 23.3 Å². The SMILES string of the molecule is CNCC(C)(C(=O)O)N(C)c1c(C)c(Oc2ccccc2)nc(Oc2ccccc2)c1C. The number of rotatable bonds is 9. The summed E-state index contributed by atoms with van der Waals surface area (Å²) in [5.41, 5.74) is 0.923. The lowest BCUT2D eigenvalue weighted by molar-refractivity contribution is -0.142. The third-order valence-electron chi connectivity index (χ3n) is 5.53. The Kier molecular flexibility index (Phi) is 7.00. The Bertz CT molecular complexity index is 1010. The highest BCUT2D eigenvalue weighted by Gasteiger charge is 2.39. The zero-order valence-corrected chi connectivity index (χ0v) is 19.0. The Morgan fingerprint density at radius 3 is 1.78 bits per heavy atom. The third kappa shape index (κ3) is 4.68. The van der Waals surface area contributed by atoms with Crippen molar-refractivity contribution in [1.29, 1.82) is 0 Å². The second-order valence-corrected chi connectivity index (χ2v) is 7.82. The Morgan fingerprint density at radius 2 is 1.41 bits per heavy atom. The molecule has 168 valence electrons. The van der Waals surface area contributed by atoms with Crippen molar-refractivity contribution in [1.82, 2.24) is 10.3 Å². The number of hydrogen-bond donors (Lipinski definition) is 2. The van der Waals surface area contributed by atoms with Crippen LogP contribution in [-0.4, -0.2) is 42.2 Å². The number of carbonyl (C=O) groups is 1. The van der Waals surface area contributed by atoms with Crippen LogP contribution in [0.3, 0.4) is 0 Å². The summed E-state index contributed by atoms with van der Waals surface area (Å²) in [6.45, 7) is 5.67. The summed E-state index contributed by atoms with van der Waals surface area (Å²) < 4.78 is 12.2. The highest BCUT2D eigenvalue weighted by Crippen LogP contribution is 2.40. The summed E-state index contributed by atoms with van der Waals surface area (Å²) in [5.74, 6) is 1.02. The first kappa shape index (κ1) is 23.1. The summed E-state index contributed by atoms with van der Waals surface area (Å²) >= 11 is 0. The van der Waals surface area contributed by atoms with Crippen LogP contribution >= 0.6 is 0 Å². The monoisotopic (exact) mass is 435 g/mol. The van der Waals surface area contributed by atoms with E-state index in [2.05, 4.69) is 10.3 Å². The second kappa shape index (κ2) is 9.70. The molecule has 7 heteroatoms. The molecule has 0 radical (unpaired) electrons. The van der Waals surface area contributed by atoms with Crippen LogP contribution in [0.15, 0.2) is 60.7 Å². The van der Waals surface area contributed by atoms with Gasteiger partial charge in [-0.15, -0.1) is 0 Å². The van der Waals surface area contributed by atoms with E-state index in [1.807, 2.05) is 74.5 Å². The Balaban J connectivity index is 2.16. The maximum atomic E-state index is 12.2. The molecule has 0 saturated heterocycles. The van der Waals surface area contributed by atoms with Gasteiger partial charge in [0.2, 0.25) is 11.8 Å². The molecule has 0 amide bonds. The molecule has 0 aliphatic heterocycles. The predicted molar refractivity (Wildman–Crippen MR) is 125 cm³/mol. The maximum absolute atomic E-state index is 12.2. The van der Waals surface area contributed by atoms with E-state index < -0.39 is 11.5 Å². The number of aromatic nitrogens is 1. The van der Waals surface area contributed by atoms with Crippen LogP contribution < -0.4 is 19.7 Å². The van der Waals surface area contributed by atoms with Crippen molar-refractivity contribution in [2.75, 3.05) is 25.5 Å². The van der Waals surface area contributed by atoms with Gasteiger partial charge in [0.25, 0.3) is 0 Å². The van der Waals surface area contributed by atoms with Crippen molar-refractivity contribution in [3.8, 4) is 23.3 Å². The average molecular weight is 436 g/mol. The number of likely N-dealkylation sites (N-methyl/N-ethyl adjacent to an activating group) is 2. The van der Waals surface area contributed by atoms with Gasteiger partial charge in [0.05, 0.1) is 5.69 Å². The normalized spacial score (nSPS) is 12.7. The third-order valence-corrected chi connectivity index (χ3v) is 5.53. The van der Waals surface area contributed by atoms with Crippen LogP contribution in [0, 0.1) is 13.8 Å². The van der Waals surface area contributed by atoms with Gasteiger partial charge in [0, 0.05) is 24.7 Å². The molecule has 0 bridgehead atoms. The van der Waals surface area contributed by atoms with Crippen molar-refractivity contribution in [3.05, 3.63) is 71.8 Å². The van der Waals surface area contributed by atoms with Crippen LogP contribution in [-0.2, 0) is 4.79 Å². The number of aliphatic carboxylic acids is 1. The van der Waals surface area contributed by atoms with Crippen LogP contribution in [0.1, 0.15) is 18.1 Å². The number of para-hydroxylation sites is 2. The lowest BCUT2D eigenvalue weighted by Crippen LogP contribution is -2.57. The number of pyridine rings is 1. The lowest BCUT2D eigenvalue weighted by Gasteiger charge is -2.38. The molecule has 3 rings (SSSR count). The molecule has 0 aliphatic carbocycles. The highest BCUT2D eigenvalue weighted by atomic mass is 16.5. The molecule has 32 heavy (non-hydrogen) atoms. The van der Waals surface area contributed by atoms with Gasteiger partial charge < -0.3 is 24.8 Å². The van der Waals surface area contributed by atoms with E-state index in [0.717, 1.165) is 11.1 Å². The molecule has 1 atom stereocenters. The number of carboxylic acids is 1. The second-order valence-electron chi connectivity index (χ2n) is 7.82. The fraction of sp³-hybridized carbons (Fsp3) is 0.280. The summed E-state index contributed by atoms with van der Waals surface area (Å²) in [6, 6.07) is 18.7.